The average molecular weight is 374 g/mol. The van der Waals surface area contributed by atoms with E-state index in [0.717, 1.165) is 5.82 Å². The van der Waals surface area contributed by atoms with Gasteiger partial charge in [-0.25, -0.2) is 14.4 Å². The van der Waals surface area contributed by atoms with E-state index < -0.39 is 5.82 Å². The molecule has 2 aromatic heterocycles. The van der Waals surface area contributed by atoms with Gasteiger partial charge in [-0.2, -0.15) is 0 Å². The highest BCUT2D eigenvalue weighted by atomic mass is 19.1. The zero-order chi connectivity index (χ0) is 18.8. The Labute approximate surface area is 157 Å². The van der Waals surface area contributed by atoms with E-state index in [9.17, 15) is 9.18 Å². The molecular formula is C19H23FN4O3. The summed E-state index contributed by atoms with van der Waals surface area (Å²) in [5.74, 6) is 0.243. The summed E-state index contributed by atoms with van der Waals surface area (Å²) >= 11 is 0. The molecule has 0 saturated carbocycles. The Morgan fingerprint density at radius 1 is 1.26 bits per heavy atom. The number of hydrogen-bond acceptors (Lipinski definition) is 5. The first-order valence-electron chi connectivity index (χ1n) is 9.28. The molecule has 4 heterocycles. The fourth-order valence-electron chi connectivity index (χ4n) is 3.79. The second-order valence-corrected chi connectivity index (χ2v) is 7.02. The standard InChI is InChI=1S/C19H23FN4O3/c1-23-11-8-21-17(23)16-14(6-12-26-16)19(25)24-9-4-13(5-10-24)27-18-15(20)3-2-7-22-18/h2-3,7-8,11,13-14,16H,4-6,9-10,12H2,1H3/t14-,16-/m1/s1. The number of aryl methyl sites for hydroxylation is 1. The second-order valence-electron chi connectivity index (χ2n) is 7.02. The van der Waals surface area contributed by atoms with Gasteiger partial charge in [0.25, 0.3) is 5.88 Å². The first-order valence-corrected chi connectivity index (χ1v) is 9.28. The Bertz CT molecular complexity index is 804. The minimum absolute atomic E-state index is 0.0290. The number of nitrogens with zero attached hydrogens (tertiary/aromatic N) is 4. The summed E-state index contributed by atoms with van der Waals surface area (Å²) in [6, 6.07) is 2.87. The van der Waals surface area contributed by atoms with Crippen LogP contribution in [0.25, 0.3) is 0 Å². The molecule has 2 aliphatic rings. The molecule has 0 unspecified atom stereocenters. The van der Waals surface area contributed by atoms with E-state index in [1.54, 1.807) is 6.20 Å². The van der Waals surface area contributed by atoms with Crippen LogP contribution < -0.4 is 4.74 Å². The number of imidazole rings is 1. The van der Waals surface area contributed by atoms with Gasteiger partial charge in [0.05, 0.1) is 5.92 Å². The van der Waals surface area contributed by atoms with Gasteiger partial charge in [-0.05, 0) is 18.6 Å². The van der Waals surface area contributed by atoms with Crippen LogP contribution in [0.3, 0.4) is 0 Å². The molecular weight excluding hydrogens is 351 g/mol. The molecule has 4 rings (SSSR count). The van der Waals surface area contributed by atoms with Crippen molar-refractivity contribution in [1.82, 2.24) is 19.4 Å². The predicted molar refractivity (Wildman–Crippen MR) is 94.4 cm³/mol. The zero-order valence-corrected chi connectivity index (χ0v) is 15.3. The lowest BCUT2D eigenvalue weighted by molar-refractivity contribution is -0.139. The maximum Gasteiger partial charge on any atom is 0.250 e. The van der Waals surface area contributed by atoms with E-state index in [1.807, 2.05) is 22.7 Å². The molecule has 2 saturated heterocycles. The Balaban J connectivity index is 1.36. The van der Waals surface area contributed by atoms with Gasteiger partial charge in [-0.1, -0.05) is 0 Å². The molecule has 1 amide bonds. The Morgan fingerprint density at radius 2 is 2.07 bits per heavy atom. The van der Waals surface area contributed by atoms with Crippen LogP contribution in [0.15, 0.2) is 30.7 Å². The average Bonchev–Trinajstić information content (AvgIpc) is 3.32. The summed E-state index contributed by atoms with van der Waals surface area (Å²) in [4.78, 5) is 23.2. The van der Waals surface area contributed by atoms with Crippen LogP contribution in [0.5, 0.6) is 5.88 Å². The normalized spacial score (nSPS) is 23.6. The summed E-state index contributed by atoms with van der Waals surface area (Å²) < 4.78 is 27.1. The third kappa shape index (κ3) is 3.66. The first kappa shape index (κ1) is 17.9. The van der Waals surface area contributed by atoms with E-state index >= 15 is 0 Å². The molecule has 144 valence electrons. The predicted octanol–water partition coefficient (Wildman–Crippen LogP) is 2.10. The largest absolute Gasteiger partial charge is 0.472 e. The number of carbonyl (C=O) groups is 1. The van der Waals surface area contributed by atoms with Crippen LogP contribution in [0.2, 0.25) is 0 Å². The molecule has 2 fully saturated rings. The number of rotatable bonds is 4. The monoisotopic (exact) mass is 374 g/mol. The summed E-state index contributed by atoms with van der Waals surface area (Å²) in [5, 5.41) is 0. The molecule has 27 heavy (non-hydrogen) atoms. The fraction of sp³-hybridized carbons (Fsp3) is 0.526. The van der Waals surface area contributed by atoms with Crippen LogP contribution in [0, 0.1) is 11.7 Å². The molecule has 0 radical (unpaired) electrons. The van der Waals surface area contributed by atoms with E-state index in [-0.39, 0.29) is 29.9 Å². The first-order chi connectivity index (χ1) is 13.1. The number of pyridine rings is 1. The Morgan fingerprint density at radius 3 is 2.78 bits per heavy atom. The van der Waals surface area contributed by atoms with Crippen LogP contribution in [-0.2, 0) is 16.6 Å². The fourth-order valence-corrected chi connectivity index (χ4v) is 3.79. The lowest BCUT2D eigenvalue weighted by atomic mass is 9.97. The van der Waals surface area contributed by atoms with Crippen LogP contribution in [-0.4, -0.2) is 51.1 Å². The van der Waals surface area contributed by atoms with Gasteiger partial charge in [0, 0.05) is 58.2 Å². The third-order valence-electron chi connectivity index (χ3n) is 5.28. The van der Waals surface area contributed by atoms with E-state index in [4.69, 9.17) is 9.47 Å². The van der Waals surface area contributed by atoms with Gasteiger partial charge in [-0.3, -0.25) is 4.79 Å². The molecule has 0 bridgehead atoms. The molecule has 0 aliphatic carbocycles. The summed E-state index contributed by atoms with van der Waals surface area (Å²) in [5.41, 5.74) is 0. The SMILES string of the molecule is Cn1ccnc1[C@@H]1OCC[C@H]1C(=O)N1CCC(Oc2ncccc2F)CC1. The molecule has 0 aromatic carbocycles. The number of halogens is 1. The minimum atomic E-state index is -0.461. The highest BCUT2D eigenvalue weighted by Gasteiger charge is 2.40. The van der Waals surface area contributed by atoms with Crippen molar-refractivity contribution in [3.8, 4) is 5.88 Å². The molecule has 8 heteroatoms. The van der Waals surface area contributed by atoms with Crippen molar-refractivity contribution in [2.45, 2.75) is 31.5 Å². The maximum atomic E-state index is 13.7. The molecule has 0 spiro atoms. The highest BCUT2D eigenvalue weighted by molar-refractivity contribution is 5.80. The van der Waals surface area contributed by atoms with Crippen LogP contribution in [0.1, 0.15) is 31.2 Å². The van der Waals surface area contributed by atoms with Crippen molar-refractivity contribution in [2.75, 3.05) is 19.7 Å². The van der Waals surface area contributed by atoms with Gasteiger partial charge < -0.3 is 18.9 Å². The lowest BCUT2D eigenvalue weighted by Crippen LogP contribution is -2.45. The lowest BCUT2D eigenvalue weighted by Gasteiger charge is -2.34. The maximum absolute atomic E-state index is 13.7. The summed E-state index contributed by atoms with van der Waals surface area (Å²) in [6.45, 7) is 1.73. The highest BCUT2D eigenvalue weighted by Crippen LogP contribution is 2.35. The third-order valence-corrected chi connectivity index (χ3v) is 5.28. The van der Waals surface area contributed by atoms with Gasteiger partial charge in [0.1, 0.15) is 18.0 Å². The molecule has 0 N–H and O–H groups in total. The minimum Gasteiger partial charge on any atom is -0.472 e. The van der Waals surface area contributed by atoms with Gasteiger partial charge in [-0.15, -0.1) is 0 Å². The van der Waals surface area contributed by atoms with Gasteiger partial charge >= 0.3 is 0 Å². The Kier molecular flexibility index (Phi) is 5.07. The van der Waals surface area contributed by atoms with Crippen molar-refractivity contribution >= 4 is 5.91 Å². The van der Waals surface area contributed by atoms with Crippen molar-refractivity contribution in [2.24, 2.45) is 13.0 Å². The van der Waals surface area contributed by atoms with Crippen molar-refractivity contribution in [3.63, 3.8) is 0 Å². The van der Waals surface area contributed by atoms with Crippen molar-refractivity contribution in [3.05, 3.63) is 42.4 Å². The number of piperidine rings is 1. The zero-order valence-electron chi connectivity index (χ0n) is 15.3. The van der Waals surface area contributed by atoms with E-state index in [2.05, 4.69) is 9.97 Å². The number of carbonyl (C=O) groups excluding carboxylic acids is 1. The van der Waals surface area contributed by atoms with E-state index in [0.29, 0.717) is 39.0 Å². The molecule has 2 aliphatic heterocycles. The number of amides is 1. The molecule has 2 atom stereocenters. The van der Waals surface area contributed by atoms with E-state index in [1.165, 1.54) is 18.3 Å². The van der Waals surface area contributed by atoms with Gasteiger partial charge in [0.2, 0.25) is 5.91 Å². The summed E-state index contributed by atoms with van der Waals surface area (Å²) in [6.07, 6.45) is 6.67. The van der Waals surface area contributed by atoms with Gasteiger partial charge in [0.15, 0.2) is 5.82 Å². The molecule has 2 aromatic rings. The van der Waals surface area contributed by atoms with Crippen LogP contribution >= 0.6 is 0 Å². The number of ether oxygens (including phenoxy) is 2. The second kappa shape index (κ2) is 7.64. The number of hydrogen-bond donors (Lipinski definition) is 0. The molecule has 7 nitrogen and oxygen atoms in total. The van der Waals surface area contributed by atoms with Crippen LogP contribution in [0.4, 0.5) is 4.39 Å². The van der Waals surface area contributed by atoms with Crippen molar-refractivity contribution < 1.29 is 18.7 Å². The number of aromatic nitrogens is 3. The topological polar surface area (TPSA) is 69.5 Å². The van der Waals surface area contributed by atoms with Crippen molar-refractivity contribution in [1.29, 1.82) is 0 Å². The Hall–Kier alpha value is -2.48. The quantitative estimate of drug-likeness (QED) is 0.820. The number of likely N-dealkylation sites (tertiary alicyclic amines) is 1. The smallest absolute Gasteiger partial charge is 0.250 e. The summed E-state index contributed by atoms with van der Waals surface area (Å²) in [7, 11) is 1.91.